The van der Waals surface area contributed by atoms with Gasteiger partial charge in [0.15, 0.2) is 0 Å². The molecule has 204 valence electrons. The summed E-state index contributed by atoms with van der Waals surface area (Å²) >= 11 is -2.52. The molecule has 3 heteroatoms. The van der Waals surface area contributed by atoms with Crippen molar-refractivity contribution in [2.75, 3.05) is 0 Å². The molecule has 0 heterocycles. The van der Waals surface area contributed by atoms with E-state index in [9.17, 15) is 0 Å². The van der Waals surface area contributed by atoms with Gasteiger partial charge in [-0.25, -0.2) is 0 Å². The summed E-state index contributed by atoms with van der Waals surface area (Å²) in [6.07, 6.45) is 7.42. The Morgan fingerprint density at radius 2 is 1.49 bits per heavy atom. The summed E-state index contributed by atoms with van der Waals surface area (Å²) in [4.78, 5) is 0. The van der Waals surface area contributed by atoms with Gasteiger partial charge in [0.2, 0.25) is 0 Å². The van der Waals surface area contributed by atoms with Crippen LogP contribution >= 0.6 is 0 Å². The van der Waals surface area contributed by atoms with Crippen molar-refractivity contribution in [1.82, 2.24) is 0 Å². The predicted octanol–water partition coefficient (Wildman–Crippen LogP) is 2.88. The van der Waals surface area contributed by atoms with Gasteiger partial charge in [-0.1, -0.05) is 0 Å². The molecule has 0 amide bonds. The first-order valence-electron chi connectivity index (χ1n) is 14.0. The van der Waals surface area contributed by atoms with E-state index in [-0.39, 0.29) is 30.2 Å². The standard InChI is InChI=1S/C17H17.C10H15.C9H10.2ClH.Zr/c1-10-5-14-9-15-6-11(2)13(4)8-17(15)16(14)7-12(10)3;1-8-5-6-9(7-8)10(2,3)4;1-2-6-9-7-4-3-5-8-9;;;/h5,7-8H,9H2,1-4H3;6-8H,1-4H3;3-5,7-8H,2H2,1H3;2*1H;/q;;;;;+2/p-2. The number of hydrogen-bond acceptors (Lipinski definition) is 0. The van der Waals surface area contributed by atoms with E-state index in [0.29, 0.717) is 5.92 Å². The molecular formula is C36H42Cl2Zr. The molecule has 39 heavy (non-hydrogen) atoms. The van der Waals surface area contributed by atoms with Gasteiger partial charge in [0.25, 0.3) is 0 Å². The predicted molar refractivity (Wildman–Crippen MR) is 159 cm³/mol. The van der Waals surface area contributed by atoms with Gasteiger partial charge in [0.1, 0.15) is 0 Å². The Kier molecular flexibility index (Phi) is 9.96. The Morgan fingerprint density at radius 1 is 0.872 bits per heavy atom. The molecule has 3 aromatic carbocycles. The normalized spacial score (nSPS) is 15.9. The number of hydrogen-bond donors (Lipinski definition) is 0. The molecule has 0 fully saturated rings. The van der Waals surface area contributed by atoms with Crippen molar-refractivity contribution in [2.45, 2.75) is 75.2 Å². The molecule has 0 spiro atoms. The molecule has 3 aromatic rings. The Morgan fingerprint density at radius 3 is 2.08 bits per heavy atom. The largest absolute Gasteiger partial charge is 1.00 e. The Hall–Kier alpha value is -1.53. The summed E-state index contributed by atoms with van der Waals surface area (Å²) in [5, 5.41) is 0. The summed E-state index contributed by atoms with van der Waals surface area (Å²) in [6, 6.07) is 18.8. The molecule has 0 saturated heterocycles. The fraction of sp³-hybridized carbons (Fsp3) is 0.361. The SMILES string of the molecule is CC/[C](c1ccccc1)=[Zr+2](\[C]1=CC(C(C)(C)C)=CC1C)[c]1c(C)c(C)cc2c1Cc1cc(C)c(C)cc1-2.[Cl-].[Cl-]. The second-order valence-corrected chi connectivity index (χ2v) is 18.3. The van der Waals surface area contributed by atoms with Crippen molar-refractivity contribution in [2.24, 2.45) is 11.3 Å². The maximum atomic E-state index is 2.64. The van der Waals surface area contributed by atoms with Gasteiger partial charge in [-0.3, -0.25) is 0 Å². The smallest absolute Gasteiger partial charge is 1.00 e. The van der Waals surface area contributed by atoms with Gasteiger partial charge in [0.05, 0.1) is 0 Å². The Bertz CT molecular complexity index is 1500. The molecule has 0 nitrogen and oxygen atoms in total. The average Bonchev–Trinajstić information content (AvgIpc) is 3.40. The van der Waals surface area contributed by atoms with Crippen molar-refractivity contribution in [3.05, 3.63) is 108 Å². The Labute approximate surface area is 257 Å². The minimum atomic E-state index is -2.52. The molecular weight excluding hydrogens is 595 g/mol. The monoisotopic (exact) mass is 634 g/mol. The minimum Gasteiger partial charge on any atom is -1.00 e. The van der Waals surface area contributed by atoms with Gasteiger partial charge >= 0.3 is 234 Å². The fourth-order valence-electron chi connectivity index (χ4n) is 6.30. The van der Waals surface area contributed by atoms with Crippen LogP contribution in [0.2, 0.25) is 0 Å². The van der Waals surface area contributed by atoms with Crippen LogP contribution in [0.15, 0.2) is 69.5 Å². The van der Waals surface area contributed by atoms with E-state index in [2.05, 4.69) is 123 Å². The fourth-order valence-corrected chi connectivity index (χ4v) is 15.4. The molecule has 0 saturated carbocycles. The van der Waals surface area contributed by atoms with Crippen molar-refractivity contribution in [3.8, 4) is 11.1 Å². The number of halogens is 2. The number of rotatable bonds is 4. The second kappa shape index (κ2) is 12.1. The molecule has 1 unspecified atom stereocenters. The molecule has 2 aliphatic rings. The third-order valence-electron chi connectivity index (χ3n) is 8.74. The molecule has 0 N–H and O–H groups in total. The second-order valence-electron chi connectivity index (χ2n) is 12.3. The molecule has 0 radical (unpaired) electrons. The van der Waals surface area contributed by atoms with Crippen molar-refractivity contribution < 1.29 is 46.1 Å². The van der Waals surface area contributed by atoms with Crippen molar-refractivity contribution in [3.63, 3.8) is 0 Å². The topological polar surface area (TPSA) is 0 Å². The van der Waals surface area contributed by atoms with Crippen molar-refractivity contribution >= 4 is 6.48 Å². The minimum absolute atomic E-state index is 0. The zero-order valence-electron chi connectivity index (χ0n) is 25.0. The third kappa shape index (κ3) is 5.80. The zero-order chi connectivity index (χ0) is 26.6. The van der Waals surface area contributed by atoms with E-state index < -0.39 is 21.3 Å². The third-order valence-corrected chi connectivity index (χ3v) is 17.6. The van der Waals surface area contributed by atoms with Crippen molar-refractivity contribution in [1.29, 1.82) is 0 Å². The summed E-state index contributed by atoms with van der Waals surface area (Å²) < 4.78 is 5.25. The quantitative estimate of drug-likeness (QED) is 0.324. The van der Waals surface area contributed by atoms with Crippen LogP contribution in [0.5, 0.6) is 0 Å². The molecule has 5 rings (SSSR count). The van der Waals surface area contributed by atoms with E-state index in [0.717, 1.165) is 12.8 Å². The van der Waals surface area contributed by atoms with Crippen LogP contribution in [-0.4, -0.2) is 3.21 Å². The maximum absolute atomic E-state index is 2.64. The first kappa shape index (κ1) is 32.0. The number of benzene rings is 3. The number of fused-ring (bicyclic) bond motifs is 3. The van der Waals surface area contributed by atoms with Crippen LogP contribution in [0.1, 0.15) is 80.0 Å². The van der Waals surface area contributed by atoms with E-state index >= 15 is 0 Å². The van der Waals surface area contributed by atoms with E-state index in [1.165, 1.54) is 44.5 Å². The molecule has 0 bridgehead atoms. The maximum Gasteiger partial charge on any atom is -1.00 e. The summed E-state index contributed by atoms with van der Waals surface area (Å²) in [6.45, 7) is 21.2. The van der Waals surface area contributed by atoms with E-state index in [4.69, 9.17) is 0 Å². The van der Waals surface area contributed by atoms with Crippen LogP contribution in [-0.2, 0) is 27.7 Å². The average molecular weight is 637 g/mol. The first-order chi connectivity index (χ1) is 17.5. The van der Waals surface area contributed by atoms with E-state index in [1.54, 1.807) is 20.9 Å². The van der Waals surface area contributed by atoms with Crippen LogP contribution in [0.4, 0.5) is 0 Å². The van der Waals surface area contributed by atoms with Gasteiger partial charge in [-0.2, -0.15) is 0 Å². The zero-order valence-corrected chi connectivity index (χ0v) is 29.0. The van der Waals surface area contributed by atoms with Crippen LogP contribution in [0, 0.1) is 39.0 Å². The van der Waals surface area contributed by atoms with Gasteiger partial charge < -0.3 is 24.8 Å². The van der Waals surface area contributed by atoms with Gasteiger partial charge in [-0.15, -0.1) is 0 Å². The van der Waals surface area contributed by atoms with Crippen LogP contribution in [0.3, 0.4) is 0 Å². The molecule has 1 atom stereocenters. The number of allylic oxidation sites excluding steroid dienone is 4. The Balaban J connectivity index is 0.00000210. The summed E-state index contributed by atoms with van der Waals surface area (Å²) in [5.74, 6) is 0.512. The van der Waals surface area contributed by atoms with E-state index in [1.807, 2.05) is 0 Å². The molecule has 0 aromatic heterocycles. The number of aryl methyl sites for hydroxylation is 3. The molecule has 2 aliphatic carbocycles. The van der Waals surface area contributed by atoms with Gasteiger partial charge in [0, 0.05) is 0 Å². The van der Waals surface area contributed by atoms with Gasteiger partial charge in [-0.05, 0) is 0 Å². The first-order valence-corrected chi connectivity index (χ1v) is 17.7. The van der Waals surface area contributed by atoms with Crippen LogP contribution in [0.25, 0.3) is 11.1 Å². The summed E-state index contributed by atoms with van der Waals surface area (Å²) in [7, 11) is 0. The van der Waals surface area contributed by atoms with Crippen LogP contribution < -0.4 is 28.1 Å². The summed E-state index contributed by atoms with van der Waals surface area (Å²) in [5.41, 5.74) is 15.1. The molecule has 0 aliphatic heterocycles.